The number of carbonyl (C=O) groups excluding carboxylic acids is 3. The lowest BCUT2D eigenvalue weighted by Crippen LogP contribution is -2.43. The zero-order valence-corrected chi connectivity index (χ0v) is 18.6. The standard InChI is InChI=1S/C23H26N2O8/c1-23(2,3)33-20(26)14-13-19(24-22(28)31-15-16-7-5-4-6-8-16)21(27)32-18-11-9-17(10-12-18)25(29)30/h4-12,19H,13-15H2,1-3H3,(H,24,28). The fraction of sp³-hybridized carbons (Fsp3) is 0.348. The minimum atomic E-state index is -1.21. The number of hydrogen-bond acceptors (Lipinski definition) is 8. The van der Waals surface area contributed by atoms with Crippen LogP contribution in [0.5, 0.6) is 5.75 Å². The second-order valence-electron chi connectivity index (χ2n) is 8.06. The first kappa shape index (κ1) is 25.3. The molecule has 0 radical (unpaired) electrons. The second kappa shape index (κ2) is 11.6. The molecule has 2 aromatic carbocycles. The van der Waals surface area contributed by atoms with Crippen LogP contribution in [0.15, 0.2) is 54.6 Å². The molecule has 0 heterocycles. The van der Waals surface area contributed by atoms with Crippen molar-refractivity contribution in [2.24, 2.45) is 0 Å². The molecule has 10 nitrogen and oxygen atoms in total. The van der Waals surface area contributed by atoms with Crippen LogP contribution in [0.1, 0.15) is 39.2 Å². The number of ether oxygens (including phenoxy) is 3. The Morgan fingerprint density at radius 3 is 2.24 bits per heavy atom. The SMILES string of the molecule is CC(C)(C)OC(=O)CCC(NC(=O)OCc1ccccc1)C(=O)Oc1ccc([N+](=O)[O-])cc1. The van der Waals surface area contributed by atoms with Crippen molar-refractivity contribution in [1.29, 1.82) is 0 Å². The lowest BCUT2D eigenvalue weighted by molar-refractivity contribution is -0.384. The van der Waals surface area contributed by atoms with Crippen molar-refractivity contribution < 1.29 is 33.5 Å². The minimum absolute atomic E-state index is 0.0111. The lowest BCUT2D eigenvalue weighted by atomic mass is 10.1. The third-order valence-corrected chi connectivity index (χ3v) is 4.11. The van der Waals surface area contributed by atoms with Gasteiger partial charge < -0.3 is 19.5 Å². The van der Waals surface area contributed by atoms with Crippen molar-refractivity contribution in [1.82, 2.24) is 5.32 Å². The molecule has 0 aliphatic carbocycles. The lowest BCUT2D eigenvalue weighted by Gasteiger charge is -2.21. The van der Waals surface area contributed by atoms with E-state index in [0.717, 1.165) is 5.56 Å². The van der Waals surface area contributed by atoms with Crippen molar-refractivity contribution >= 4 is 23.7 Å². The Morgan fingerprint density at radius 2 is 1.67 bits per heavy atom. The molecule has 0 aliphatic rings. The molecule has 0 saturated heterocycles. The van der Waals surface area contributed by atoms with E-state index in [1.807, 2.05) is 6.07 Å². The number of amides is 1. The first-order valence-electron chi connectivity index (χ1n) is 10.2. The van der Waals surface area contributed by atoms with Crippen LogP contribution >= 0.6 is 0 Å². The molecule has 1 atom stereocenters. The van der Waals surface area contributed by atoms with E-state index in [9.17, 15) is 24.5 Å². The topological polar surface area (TPSA) is 134 Å². The molecule has 2 aromatic rings. The van der Waals surface area contributed by atoms with Gasteiger partial charge >= 0.3 is 18.0 Å². The zero-order chi connectivity index (χ0) is 24.4. The van der Waals surface area contributed by atoms with Crippen LogP contribution in [0.2, 0.25) is 0 Å². The van der Waals surface area contributed by atoms with Crippen LogP contribution in [0.3, 0.4) is 0 Å². The van der Waals surface area contributed by atoms with Gasteiger partial charge in [0.2, 0.25) is 0 Å². The molecule has 176 valence electrons. The Kier molecular flexibility index (Phi) is 8.90. The van der Waals surface area contributed by atoms with Gasteiger partial charge in [0.15, 0.2) is 0 Å². The molecule has 0 spiro atoms. The summed E-state index contributed by atoms with van der Waals surface area (Å²) in [6.45, 7) is 5.13. The molecule has 1 amide bonds. The summed E-state index contributed by atoms with van der Waals surface area (Å²) in [5.41, 5.74) is -0.112. The predicted octanol–water partition coefficient (Wildman–Crippen LogP) is 3.92. The summed E-state index contributed by atoms with van der Waals surface area (Å²) in [7, 11) is 0. The monoisotopic (exact) mass is 458 g/mol. The fourth-order valence-corrected chi connectivity index (χ4v) is 2.63. The van der Waals surface area contributed by atoms with E-state index in [1.165, 1.54) is 24.3 Å². The van der Waals surface area contributed by atoms with Gasteiger partial charge in [-0.3, -0.25) is 14.9 Å². The summed E-state index contributed by atoms with van der Waals surface area (Å²) in [6, 6.07) is 12.6. The molecular weight excluding hydrogens is 432 g/mol. The molecule has 1 unspecified atom stereocenters. The Morgan fingerprint density at radius 1 is 1.03 bits per heavy atom. The molecule has 0 aliphatic heterocycles. The Balaban J connectivity index is 2.02. The summed E-state index contributed by atoms with van der Waals surface area (Å²) < 4.78 is 15.6. The van der Waals surface area contributed by atoms with Crippen LogP contribution < -0.4 is 10.1 Å². The number of hydrogen-bond donors (Lipinski definition) is 1. The summed E-state index contributed by atoms with van der Waals surface area (Å²) >= 11 is 0. The Bertz CT molecular complexity index is 968. The summed E-state index contributed by atoms with van der Waals surface area (Å²) in [4.78, 5) is 47.1. The van der Waals surface area contributed by atoms with Gasteiger partial charge in [-0.2, -0.15) is 0 Å². The molecule has 0 saturated carbocycles. The van der Waals surface area contributed by atoms with Crippen molar-refractivity contribution in [2.45, 2.75) is 51.9 Å². The van der Waals surface area contributed by atoms with E-state index in [-0.39, 0.29) is 30.9 Å². The van der Waals surface area contributed by atoms with Gasteiger partial charge in [0, 0.05) is 18.6 Å². The quantitative estimate of drug-likeness (QED) is 0.259. The number of esters is 2. The predicted molar refractivity (Wildman–Crippen MR) is 117 cm³/mol. The first-order valence-corrected chi connectivity index (χ1v) is 10.2. The average molecular weight is 458 g/mol. The maximum absolute atomic E-state index is 12.7. The van der Waals surface area contributed by atoms with E-state index in [0.29, 0.717) is 0 Å². The highest BCUT2D eigenvalue weighted by Gasteiger charge is 2.26. The van der Waals surface area contributed by atoms with Crippen LogP contribution in [0.25, 0.3) is 0 Å². The normalized spacial score (nSPS) is 11.7. The van der Waals surface area contributed by atoms with Crippen molar-refractivity contribution in [2.75, 3.05) is 0 Å². The molecule has 10 heteroatoms. The smallest absolute Gasteiger partial charge is 0.408 e. The van der Waals surface area contributed by atoms with Crippen LogP contribution in [-0.2, 0) is 25.7 Å². The molecule has 0 aromatic heterocycles. The van der Waals surface area contributed by atoms with E-state index in [2.05, 4.69) is 5.32 Å². The molecule has 0 fully saturated rings. The average Bonchev–Trinajstić information content (AvgIpc) is 2.75. The highest BCUT2D eigenvalue weighted by Crippen LogP contribution is 2.18. The minimum Gasteiger partial charge on any atom is -0.460 e. The van der Waals surface area contributed by atoms with Gasteiger partial charge in [-0.05, 0) is 44.9 Å². The molecular formula is C23H26N2O8. The van der Waals surface area contributed by atoms with Crippen molar-refractivity contribution in [3.63, 3.8) is 0 Å². The Labute approximate surface area is 191 Å². The maximum Gasteiger partial charge on any atom is 0.408 e. The zero-order valence-electron chi connectivity index (χ0n) is 18.6. The first-order chi connectivity index (χ1) is 15.5. The fourth-order valence-electron chi connectivity index (χ4n) is 2.63. The highest BCUT2D eigenvalue weighted by molar-refractivity contribution is 5.83. The van der Waals surface area contributed by atoms with Crippen LogP contribution in [0.4, 0.5) is 10.5 Å². The number of nitro groups is 1. The number of benzene rings is 2. The maximum atomic E-state index is 12.7. The van der Waals surface area contributed by atoms with Gasteiger partial charge in [0.1, 0.15) is 24.0 Å². The molecule has 33 heavy (non-hydrogen) atoms. The van der Waals surface area contributed by atoms with Gasteiger partial charge in [-0.15, -0.1) is 0 Å². The molecule has 0 bridgehead atoms. The third-order valence-electron chi connectivity index (χ3n) is 4.11. The Hall–Kier alpha value is -3.95. The van der Waals surface area contributed by atoms with Gasteiger partial charge in [0.05, 0.1) is 4.92 Å². The number of non-ortho nitro benzene ring substituents is 1. The second-order valence-corrected chi connectivity index (χ2v) is 8.06. The number of nitrogens with one attached hydrogen (secondary N) is 1. The molecule has 2 rings (SSSR count). The summed E-state index contributed by atoms with van der Waals surface area (Å²) in [6.07, 6.45) is -1.12. The van der Waals surface area contributed by atoms with Crippen LogP contribution in [0, 0.1) is 10.1 Å². The summed E-state index contributed by atoms with van der Waals surface area (Å²) in [5.74, 6) is -1.36. The summed E-state index contributed by atoms with van der Waals surface area (Å²) in [5, 5.41) is 13.2. The van der Waals surface area contributed by atoms with Gasteiger partial charge in [-0.1, -0.05) is 30.3 Å². The van der Waals surface area contributed by atoms with E-state index in [4.69, 9.17) is 14.2 Å². The number of carbonyl (C=O) groups is 3. The van der Waals surface area contributed by atoms with Crippen LogP contribution in [-0.4, -0.2) is 34.6 Å². The van der Waals surface area contributed by atoms with Crippen molar-refractivity contribution in [3.8, 4) is 5.75 Å². The highest BCUT2D eigenvalue weighted by atomic mass is 16.6. The molecule has 1 N–H and O–H groups in total. The number of alkyl carbamates (subject to hydrolysis) is 1. The van der Waals surface area contributed by atoms with E-state index >= 15 is 0 Å². The van der Waals surface area contributed by atoms with E-state index < -0.39 is 34.6 Å². The number of nitrogens with zero attached hydrogens (tertiary/aromatic N) is 1. The van der Waals surface area contributed by atoms with Crippen molar-refractivity contribution in [3.05, 3.63) is 70.3 Å². The largest absolute Gasteiger partial charge is 0.460 e. The van der Waals surface area contributed by atoms with E-state index in [1.54, 1.807) is 45.0 Å². The van der Waals surface area contributed by atoms with Gasteiger partial charge in [0.25, 0.3) is 5.69 Å². The number of nitro benzene ring substituents is 1. The van der Waals surface area contributed by atoms with Gasteiger partial charge in [-0.25, -0.2) is 9.59 Å². The third kappa shape index (κ3) is 9.38. The number of rotatable bonds is 9.